The lowest BCUT2D eigenvalue weighted by Crippen LogP contribution is -2.23. The molecule has 3 aromatic rings. The number of rotatable bonds is 6. The first kappa shape index (κ1) is 17.5. The highest BCUT2D eigenvalue weighted by atomic mass is 16.5. The second-order valence-corrected chi connectivity index (χ2v) is 5.96. The molecule has 0 saturated carbocycles. The molecule has 0 bridgehead atoms. The van der Waals surface area contributed by atoms with Crippen molar-refractivity contribution in [1.29, 1.82) is 0 Å². The number of aromatic nitrogens is 1. The number of carbonyl (C=O) groups is 1. The molecule has 1 heterocycles. The predicted molar refractivity (Wildman–Crippen MR) is 103 cm³/mol. The molecule has 0 unspecified atom stereocenters. The first-order valence-electron chi connectivity index (χ1n) is 8.35. The van der Waals surface area contributed by atoms with E-state index in [0.29, 0.717) is 12.2 Å². The number of ether oxygens (including phenoxy) is 1. The van der Waals surface area contributed by atoms with Crippen LogP contribution in [0.2, 0.25) is 0 Å². The molecule has 5 nitrogen and oxygen atoms in total. The number of hydrogen-bond donors (Lipinski definition) is 2. The molecule has 26 heavy (non-hydrogen) atoms. The average molecular weight is 347 g/mol. The fourth-order valence-electron chi connectivity index (χ4n) is 2.51. The Labute approximate surface area is 153 Å². The maximum absolute atomic E-state index is 12.2. The number of amides is 1. The van der Waals surface area contributed by atoms with Gasteiger partial charge in [-0.15, -0.1) is 0 Å². The Morgan fingerprint density at radius 2 is 1.85 bits per heavy atom. The van der Waals surface area contributed by atoms with Gasteiger partial charge in [-0.25, -0.2) is 4.98 Å². The molecule has 0 aliphatic rings. The third-order valence-corrected chi connectivity index (χ3v) is 3.91. The van der Waals surface area contributed by atoms with E-state index in [0.717, 1.165) is 22.7 Å². The summed E-state index contributed by atoms with van der Waals surface area (Å²) in [6.07, 6.45) is 1.66. The van der Waals surface area contributed by atoms with Gasteiger partial charge in [0, 0.05) is 12.2 Å². The standard InChI is InChI=1S/C21H21N3O2/c1-15-4-3-5-17(12-15)24-18-8-11-20(22-14-18)21(25)23-13-16-6-9-19(26-2)10-7-16/h3-12,14,24H,13H2,1-2H3,(H,23,25). The topological polar surface area (TPSA) is 63.2 Å². The molecule has 132 valence electrons. The van der Waals surface area contributed by atoms with E-state index in [9.17, 15) is 4.79 Å². The Morgan fingerprint density at radius 1 is 1.04 bits per heavy atom. The van der Waals surface area contributed by atoms with E-state index in [-0.39, 0.29) is 5.91 Å². The highest BCUT2D eigenvalue weighted by molar-refractivity contribution is 5.92. The van der Waals surface area contributed by atoms with Gasteiger partial charge in [-0.1, -0.05) is 24.3 Å². The summed E-state index contributed by atoms with van der Waals surface area (Å²) in [5.41, 5.74) is 4.38. The summed E-state index contributed by atoms with van der Waals surface area (Å²) < 4.78 is 5.12. The molecule has 1 aromatic heterocycles. The van der Waals surface area contributed by atoms with Gasteiger partial charge >= 0.3 is 0 Å². The second kappa shape index (κ2) is 8.16. The normalized spacial score (nSPS) is 10.2. The van der Waals surface area contributed by atoms with Crippen LogP contribution < -0.4 is 15.4 Å². The van der Waals surface area contributed by atoms with Gasteiger partial charge in [0.25, 0.3) is 5.91 Å². The highest BCUT2D eigenvalue weighted by Gasteiger charge is 2.07. The largest absolute Gasteiger partial charge is 0.497 e. The molecule has 0 saturated heterocycles. The van der Waals surface area contributed by atoms with Crippen molar-refractivity contribution in [1.82, 2.24) is 10.3 Å². The first-order chi connectivity index (χ1) is 12.6. The summed E-state index contributed by atoms with van der Waals surface area (Å²) in [6, 6.07) is 19.2. The smallest absolute Gasteiger partial charge is 0.270 e. The minimum Gasteiger partial charge on any atom is -0.497 e. The number of methoxy groups -OCH3 is 1. The molecule has 5 heteroatoms. The first-order valence-corrected chi connectivity index (χ1v) is 8.35. The van der Waals surface area contributed by atoms with Gasteiger partial charge in [-0.3, -0.25) is 4.79 Å². The Hall–Kier alpha value is -3.34. The van der Waals surface area contributed by atoms with E-state index in [4.69, 9.17) is 4.74 Å². The number of anilines is 2. The van der Waals surface area contributed by atoms with Crippen LogP contribution in [0.4, 0.5) is 11.4 Å². The van der Waals surface area contributed by atoms with Crippen LogP contribution in [0.1, 0.15) is 21.6 Å². The van der Waals surface area contributed by atoms with E-state index < -0.39 is 0 Å². The molecule has 0 spiro atoms. The third-order valence-electron chi connectivity index (χ3n) is 3.91. The van der Waals surface area contributed by atoms with Gasteiger partial charge in [0.1, 0.15) is 11.4 Å². The number of pyridine rings is 1. The van der Waals surface area contributed by atoms with E-state index in [2.05, 4.69) is 21.7 Å². The zero-order valence-electron chi connectivity index (χ0n) is 14.8. The van der Waals surface area contributed by atoms with Crippen molar-refractivity contribution in [2.75, 3.05) is 12.4 Å². The minimum atomic E-state index is -0.206. The Morgan fingerprint density at radius 3 is 2.50 bits per heavy atom. The van der Waals surface area contributed by atoms with E-state index in [1.807, 2.05) is 55.5 Å². The Kier molecular flexibility index (Phi) is 5.49. The van der Waals surface area contributed by atoms with Crippen molar-refractivity contribution in [3.05, 3.63) is 83.7 Å². The van der Waals surface area contributed by atoms with E-state index in [1.165, 1.54) is 5.56 Å². The molecule has 2 aromatic carbocycles. The van der Waals surface area contributed by atoms with Gasteiger partial charge in [0.15, 0.2) is 0 Å². The summed E-state index contributed by atoms with van der Waals surface area (Å²) in [5, 5.41) is 6.14. The fraction of sp³-hybridized carbons (Fsp3) is 0.143. The van der Waals surface area contributed by atoms with Crippen molar-refractivity contribution >= 4 is 17.3 Å². The van der Waals surface area contributed by atoms with Crippen LogP contribution in [0.3, 0.4) is 0 Å². The van der Waals surface area contributed by atoms with Crippen LogP contribution in [0.25, 0.3) is 0 Å². The summed E-state index contributed by atoms with van der Waals surface area (Å²) in [7, 11) is 1.62. The lowest BCUT2D eigenvalue weighted by Gasteiger charge is -2.08. The van der Waals surface area contributed by atoms with Crippen LogP contribution in [-0.4, -0.2) is 18.0 Å². The summed E-state index contributed by atoms with van der Waals surface area (Å²) in [5.74, 6) is 0.585. The van der Waals surface area contributed by atoms with E-state index in [1.54, 1.807) is 19.4 Å². The Bertz CT molecular complexity index is 875. The van der Waals surface area contributed by atoms with Crippen molar-refractivity contribution in [2.24, 2.45) is 0 Å². The quantitative estimate of drug-likeness (QED) is 0.705. The van der Waals surface area contributed by atoms with Crippen LogP contribution in [0.5, 0.6) is 5.75 Å². The molecule has 0 aliphatic carbocycles. The number of nitrogens with zero attached hydrogens (tertiary/aromatic N) is 1. The van der Waals surface area contributed by atoms with Crippen LogP contribution in [0.15, 0.2) is 66.9 Å². The lowest BCUT2D eigenvalue weighted by molar-refractivity contribution is 0.0946. The molecule has 0 aliphatic heterocycles. The Balaban J connectivity index is 1.57. The van der Waals surface area contributed by atoms with Gasteiger partial charge in [-0.2, -0.15) is 0 Å². The second-order valence-electron chi connectivity index (χ2n) is 5.96. The maximum Gasteiger partial charge on any atom is 0.270 e. The highest BCUT2D eigenvalue weighted by Crippen LogP contribution is 2.17. The number of aryl methyl sites for hydroxylation is 1. The molecule has 1 amide bonds. The van der Waals surface area contributed by atoms with Crippen molar-refractivity contribution in [3.8, 4) is 5.75 Å². The van der Waals surface area contributed by atoms with Gasteiger partial charge in [0.05, 0.1) is 19.0 Å². The van der Waals surface area contributed by atoms with Crippen molar-refractivity contribution in [2.45, 2.75) is 13.5 Å². The molecule has 2 N–H and O–H groups in total. The van der Waals surface area contributed by atoms with Gasteiger partial charge in [0.2, 0.25) is 0 Å². The van der Waals surface area contributed by atoms with Crippen molar-refractivity contribution < 1.29 is 9.53 Å². The minimum absolute atomic E-state index is 0.206. The molecule has 0 fully saturated rings. The summed E-state index contributed by atoms with van der Waals surface area (Å²) >= 11 is 0. The third kappa shape index (κ3) is 4.60. The average Bonchev–Trinajstić information content (AvgIpc) is 2.67. The van der Waals surface area contributed by atoms with Crippen LogP contribution >= 0.6 is 0 Å². The number of carbonyl (C=O) groups excluding carboxylic acids is 1. The summed E-state index contributed by atoms with van der Waals surface area (Å²) in [6.45, 7) is 2.48. The molecule has 0 atom stereocenters. The van der Waals surface area contributed by atoms with Gasteiger partial charge < -0.3 is 15.4 Å². The number of benzene rings is 2. The van der Waals surface area contributed by atoms with Gasteiger partial charge in [-0.05, 0) is 54.4 Å². The van der Waals surface area contributed by atoms with Crippen LogP contribution in [-0.2, 0) is 6.54 Å². The fourth-order valence-corrected chi connectivity index (χ4v) is 2.51. The van der Waals surface area contributed by atoms with E-state index >= 15 is 0 Å². The molecule has 0 radical (unpaired) electrons. The van der Waals surface area contributed by atoms with Crippen molar-refractivity contribution in [3.63, 3.8) is 0 Å². The lowest BCUT2D eigenvalue weighted by atomic mass is 10.2. The molecular weight excluding hydrogens is 326 g/mol. The molecular formula is C21H21N3O2. The number of nitrogens with one attached hydrogen (secondary N) is 2. The monoisotopic (exact) mass is 347 g/mol. The predicted octanol–water partition coefficient (Wildman–Crippen LogP) is 4.07. The summed E-state index contributed by atoms with van der Waals surface area (Å²) in [4.78, 5) is 16.5. The number of hydrogen-bond acceptors (Lipinski definition) is 4. The zero-order chi connectivity index (χ0) is 18.4. The van der Waals surface area contributed by atoms with Crippen LogP contribution in [0, 0.1) is 6.92 Å². The molecule has 3 rings (SSSR count). The zero-order valence-corrected chi connectivity index (χ0v) is 14.8. The SMILES string of the molecule is COc1ccc(CNC(=O)c2ccc(Nc3cccc(C)c3)cn2)cc1. The maximum atomic E-state index is 12.2.